The Morgan fingerprint density at radius 1 is 1.47 bits per heavy atom. The molecular weight excluding hydrogens is 232 g/mol. The predicted octanol–water partition coefficient (Wildman–Crippen LogP) is 1.73. The van der Waals surface area contributed by atoms with Crippen LogP contribution in [0.4, 0.5) is 0 Å². The first-order chi connectivity index (χ1) is 8.21. The van der Waals surface area contributed by atoms with E-state index in [2.05, 4.69) is 24.1 Å². The topological polar surface area (TPSA) is 32.3 Å². The van der Waals surface area contributed by atoms with E-state index in [0.717, 1.165) is 31.1 Å². The number of thioether (sulfide) groups is 1. The monoisotopic (exact) mass is 256 g/mol. The lowest BCUT2D eigenvalue weighted by Crippen LogP contribution is -2.50. The van der Waals surface area contributed by atoms with E-state index < -0.39 is 0 Å². The first-order valence-corrected chi connectivity index (χ1v) is 7.96. The number of amides is 1. The summed E-state index contributed by atoms with van der Waals surface area (Å²) in [5, 5.41) is 3.35. The number of carbonyl (C=O) groups excluding carboxylic acids is 1. The van der Waals surface area contributed by atoms with Gasteiger partial charge in [0.25, 0.3) is 0 Å². The average Bonchev–Trinajstić information content (AvgIpc) is 2.84. The average molecular weight is 256 g/mol. The van der Waals surface area contributed by atoms with Gasteiger partial charge in [0.1, 0.15) is 0 Å². The van der Waals surface area contributed by atoms with Gasteiger partial charge in [0.05, 0.1) is 6.04 Å². The molecule has 1 amide bonds. The molecule has 0 bridgehead atoms. The molecule has 2 fully saturated rings. The van der Waals surface area contributed by atoms with Gasteiger partial charge in [-0.2, -0.15) is 11.8 Å². The summed E-state index contributed by atoms with van der Waals surface area (Å²) in [6, 6.07) is 0.0678. The smallest absolute Gasteiger partial charge is 0.240 e. The van der Waals surface area contributed by atoms with Gasteiger partial charge in [0, 0.05) is 31.1 Å². The van der Waals surface area contributed by atoms with E-state index in [1.807, 2.05) is 11.8 Å². The Hall–Kier alpha value is -0.220. The maximum atomic E-state index is 12.4. The van der Waals surface area contributed by atoms with Gasteiger partial charge < -0.3 is 10.2 Å². The third-order valence-electron chi connectivity index (χ3n) is 4.47. The third-order valence-corrected chi connectivity index (χ3v) is 5.53. The molecule has 0 spiro atoms. The van der Waals surface area contributed by atoms with Crippen molar-refractivity contribution in [2.75, 3.05) is 31.1 Å². The minimum absolute atomic E-state index is 0.0678. The quantitative estimate of drug-likeness (QED) is 0.834. The van der Waals surface area contributed by atoms with Crippen LogP contribution in [0.25, 0.3) is 0 Å². The van der Waals surface area contributed by atoms with Crippen molar-refractivity contribution in [3.05, 3.63) is 0 Å². The van der Waals surface area contributed by atoms with E-state index in [1.54, 1.807) is 0 Å². The maximum absolute atomic E-state index is 12.4. The molecule has 17 heavy (non-hydrogen) atoms. The molecule has 4 heteroatoms. The fourth-order valence-corrected chi connectivity index (χ4v) is 3.82. The molecule has 0 saturated carbocycles. The third kappa shape index (κ3) is 2.79. The molecule has 0 aromatic carbocycles. The molecule has 1 unspecified atom stereocenters. The van der Waals surface area contributed by atoms with Crippen LogP contribution in [0.2, 0.25) is 0 Å². The van der Waals surface area contributed by atoms with Crippen LogP contribution in [0.3, 0.4) is 0 Å². The van der Waals surface area contributed by atoms with Crippen molar-refractivity contribution >= 4 is 17.7 Å². The minimum atomic E-state index is 0.0678. The van der Waals surface area contributed by atoms with Crippen LogP contribution in [0, 0.1) is 5.41 Å². The van der Waals surface area contributed by atoms with Gasteiger partial charge in [0.2, 0.25) is 5.91 Å². The van der Waals surface area contributed by atoms with Crippen LogP contribution in [0.5, 0.6) is 0 Å². The molecule has 3 nitrogen and oxygen atoms in total. The molecule has 0 radical (unpaired) electrons. The second-order valence-electron chi connectivity index (χ2n) is 5.30. The Balaban J connectivity index is 1.93. The van der Waals surface area contributed by atoms with E-state index in [0.29, 0.717) is 11.3 Å². The zero-order chi connectivity index (χ0) is 12.3. The van der Waals surface area contributed by atoms with E-state index >= 15 is 0 Å². The van der Waals surface area contributed by atoms with Crippen molar-refractivity contribution in [3.8, 4) is 0 Å². The Morgan fingerprint density at radius 3 is 2.76 bits per heavy atom. The van der Waals surface area contributed by atoms with Crippen LogP contribution in [0.1, 0.15) is 33.1 Å². The number of hydrogen-bond donors (Lipinski definition) is 1. The van der Waals surface area contributed by atoms with Gasteiger partial charge in [-0.1, -0.05) is 13.8 Å². The number of likely N-dealkylation sites (tertiary alicyclic amines) is 1. The molecule has 0 aromatic heterocycles. The lowest BCUT2D eigenvalue weighted by atomic mass is 9.82. The van der Waals surface area contributed by atoms with Gasteiger partial charge in [-0.15, -0.1) is 0 Å². The highest BCUT2D eigenvalue weighted by Gasteiger charge is 2.38. The van der Waals surface area contributed by atoms with Crippen LogP contribution in [-0.2, 0) is 4.79 Å². The highest BCUT2D eigenvalue weighted by atomic mass is 32.2. The normalized spacial score (nSPS) is 28.4. The summed E-state index contributed by atoms with van der Waals surface area (Å²) < 4.78 is 0. The summed E-state index contributed by atoms with van der Waals surface area (Å²) in [6.07, 6.45) is 3.58. The first kappa shape index (κ1) is 13.2. The summed E-state index contributed by atoms with van der Waals surface area (Å²) in [7, 11) is 0. The molecule has 1 atom stereocenters. The van der Waals surface area contributed by atoms with Crippen molar-refractivity contribution in [3.63, 3.8) is 0 Å². The summed E-state index contributed by atoms with van der Waals surface area (Å²) in [5.41, 5.74) is 0.400. The molecule has 2 heterocycles. The fourth-order valence-electron chi connectivity index (χ4n) is 2.89. The highest BCUT2D eigenvalue weighted by molar-refractivity contribution is 7.99. The maximum Gasteiger partial charge on any atom is 0.240 e. The molecule has 1 N–H and O–H groups in total. The van der Waals surface area contributed by atoms with Crippen molar-refractivity contribution in [1.82, 2.24) is 10.2 Å². The molecular formula is C13H24N2OS. The van der Waals surface area contributed by atoms with Crippen LogP contribution >= 0.6 is 11.8 Å². The Bertz CT molecular complexity index is 273. The molecule has 2 aliphatic heterocycles. The predicted molar refractivity (Wildman–Crippen MR) is 73.3 cm³/mol. The van der Waals surface area contributed by atoms with Crippen LogP contribution < -0.4 is 5.32 Å². The van der Waals surface area contributed by atoms with E-state index in [-0.39, 0.29) is 6.04 Å². The Kier molecular flexibility index (Phi) is 4.36. The van der Waals surface area contributed by atoms with E-state index in [9.17, 15) is 4.79 Å². The van der Waals surface area contributed by atoms with Crippen molar-refractivity contribution < 1.29 is 4.79 Å². The number of nitrogens with zero attached hydrogens (tertiary/aromatic N) is 1. The van der Waals surface area contributed by atoms with Crippen molar-refractivity contribution in [2.45, 2.75) is 39.2 Å². The lowest BCUT2D eigenvalue weighted by molar-refractivity contribution is -0.132. The first-order valence-electron chi connectivity index (χ1n) is 6.81. The zero-order valence-corrected chi connectivity index (χ0v) is 11.8. The minimum Gasteiger partial charge on any atom is -0.341 e. The van der Waals surface area contributed by atoms with Gasteiger partial charge in [0.15, 0.2) is 0 Å². The number of nitrogens with one attached hydrogen (secondary N) is 1. The lowest BCUT2D eigenvalue weighted by Gasteiger charge is -2.29. The van der Waals surface area contributed by atoms with E-state index in [1.165, 1.54) is 19.3 Å². The summed E-state index contributed by atoms with van der Waals surface area (Å²) >= 11 is 1.89. The van der Waals surface area contributed by atoms with Crippen molar-refractivity contribution in [1.29, 1.82) is 0 Å². The van der Waals surface area contributed by atoms with Crippen LogP contribution in [-0.4, -0.2) is 48.0 Å². The summed E-state index contributed by atoms with van der Waals surface area (Å²) in [6.45, 7) is 7.42. The SMILES string of the molecule is CCC1(CC)CCN(C(=O)C2CSCCN2)C1. The second-order valence-corrected chi connectivity index (χ2v) is 6.45. The number of hydrogen-bond acceptors (Lipinski definition) is 3. The largest absolute Gasteiger partial charge is 0.341 e. The molecule has 2 aliphatic rings. The van der Waals surface area contributed by atoms with Gasteiger partial charge in [-0.25, -0.2) is 0 Å². The van der Waals surface area contributed by atoms with Gasteiger partial charge in [-0.05, 0) is 24.7 Å². The van der Waals surface area contributed by atoms with Gasteiger partial charge in [-0.3, -0.25) is 4.79 Å². The molecule has 0 aromatic rings. The number of rotatable bonds is 3. The second kappa shape index (κ2) is 5.61. The Morgan fingerprint density at radius 2 is 2.24 bits per heavy atom. The highest BCUT2D eigenvalue weighted by Crippen LogP contribution is 2.37. The molecule has 2 rings (SSSR count). The number of carbonyl (C=O) groups is 1. The molecule has 2 saturated heterocycles. The van der Waals surface area contributed by atoms with E-state index in [4.69, 9.17) is 0 Å². The summed E-state index contributed by atoms with van der Waals surface area (Å²) in [5.74, 6) is 2.42. The zero-order valence-electron chi connectivity index (χ0n) is 11.0. The van der Waals surface area contributed by atoms with Crippen molar-refractivity contribution in [2.24, 2.45) is 5.41 Å². The van der Waals surface area contributed by atoms with Crippen LogP contribution in [0.15, 0.2) is 0 Å². The molecule has 0 aliphatic carbocycles. The summed E-state index contributed by atoms with van der Waals surface area (Å²) in [4.78, 5) is 14.5. The molecule has 98 valence electrons. The van der Waals surface area contributed by atoms with Gasteiger partial charge >= 0.3 is 0 Å². The Labute approximate surface area is 109 Å². The standard InChI is InChI=1S/C13H24N2OS/c1-3-13(4-2)5-7-15(10-13)12(16)11-9-17-8-6-14-11/h11,14H,3-10H2,1-2H3. The fraction of sp³-hybridized carbons (Fsp3) is 0.923.